The molecule has 1 amide bonds. The van der Waals surface area contributed by atoms with Gasteiger partial charge in [-0.2, -0.15) is 0 Å². The van der Waals surface area contributed by atoms with Crippen LogP contribution in [0.25, 0.3) is 10.9 Å². The van der Waals surface area contributed by atoms with Crippen LogP contribution in [0.5, 0.6) is 0 Å². The lowest BCUT2D eigenvalue weighted by molar-refractivity contribution is 0.0924. The van der Waals surface area contributed by atoms with E-state index in [1.165, 1.54) is 18.6 Å². The van der Waals surface area contributed by atoms with Crippen LogP contribution in [0.3, 0.4) is 0 Å². The standard InChI is InChI=1S/C18H22FN3O/c1-2-6-16-21-15-10-9-12(19)11-14(15)17(22-16)18(23)20-13-7-4-3-5-8-13/h9-11,13H,2-8H2,1H3,(H,20,23). The number of carbonyl (C=O) groups excluding carboxylic acids is 1. The third-order valence-electron chi connectivity index (χ3n) is 4.33. The largest absolute Gasteiger partial charge is 0.348 e. The lowest BCUT2D eigenvalue weighted by Gasteiger charge is -2.22. The maximum atomic E-state index is 13.6. The molecule has 0 bridgehead atoms. The lowest BCUT2D eigenvalue weighted by atomic mass is 9.95. The molecule has 1 aromatic carbocycles. The molecule has 0 spiro atoms. The van der Waals surface area contributed by atoms with Gasteiger partial charge in [0.2, 0.25) is 0 Å². The fraction of sp³-hybridized carbons (Fsp3) is 0.500. The van der Waals surface area contributed by atoms with E-state index in [1.54, 1.807) is 6.07 Å². The second-order valence-electron chi connectivity index (χ2n) is 6.21. The van der Waals surface area contributed by atoms with Crippen LogP contribution in [-0.2, 0) is 6.42 Å². The fourth-order valence-corrected chi connectivity index (χ4v) is 3.16. The molecule has 4 nitrogen and oxygen atoms in total. The third kappa shape index (κ3) is 3.66. The summed E-state index contributed by atoms with van der Waals surface area (Å²) in [7, 11) is 0. The fourth-order valence-electron chi connectivity index (χ4n) is 3.16. The monoisotopic (exact) mass is 315 g/mol. The highest BCUT2D eigenvalue weighted by Crippen LogP contribution is 2.21. The molecule has 0 unspecified atom stereocenters. The summed E-state index contributed by atoms with van der Waals surface area (Å²) in [5, 5.41) is 3.55. The highest BCUT2D eigenvalue weighted by atomic mass is 19.1. The first kappa shape index (κ1) is 15.8. The second-order valence-corrected chi connectivity index (χ2v) is 6.21. The predicted octanol–water partition coefficient (Wildman–Crippen LogP) is 3.78. The van der Waals surface area contributed by atoms with Gasteiger partial charge in [-0.05, 0) is 37.5 Å². The van der Waals surface area contributed by atoms with Crippen molar-refractivity contribution in [2.75, 3.05) is 0 Å². The van der Waals surface area contributed by atoms with E-state index in [0.717, 1.165) is 32.1 Å². The number of hydrogen-bond acceptors (Lipinski definition) is 3. The summed E-state index contributed by atoms with van der Waals surface area (Å²) in [5.74, 6) is 0.0451. The van der Waals surface area contributed by atoms with E-state index in [9.17, 15) is 9.18 Å². The van der Waals surface area contributed by atoms with Gasteiger partial charge in [-0.15, -0.1) is 0 Å². The smallest absolute Gasteiger partial charge is 0.270 e. The Labute approximate surface area is 135 Å². The van der Waals surface area contributed by atoms with E-state index in [4.69, 9.17) is 0 Å². The number of nitrogens with one attached hydrogen (secondary N) is 1. The molecule has 0 aliphatic heterocycles. The van der Waals surface area contributed by atoms with E-state index in [0.29, 0.717) is 28.8 Å². The van der Waals surface area contributed by atoms with Crippen molar-refractivity contribution < 1.29 is 9.18 Å². The molecule has 0 saturated heterocycles. The Morgan fingerprint density at radius 2 is 2.04 bits per heavy atom. The minimum absolute atomic E-state index is 0.199. The van der Waals surface area contributed by atoms with Gasteiger partial charge in [-0.1, -0.05) is 26.2 Å². The van der Waals surface area contributed by atoms with Crippen molar-refractivity contribution in [3.05, 3.63) is 35.5 Å². The molecule has 5 heteroatoms. The maximum absolute atomic E-state index is 13.6. The van der Waals surface area contributed by atoms with E-state index in [-0.39, 0.29) is 17.8 Å². The third-order valence-corrected chi connectivity index (χ3v) is 4.33. The van der Waals surface area contributed by atoms with Gasteiger partial charge in [0.1, 0.15) is 17.3 Å². The molecule has 0 atom stereocenters. The second kappa shape index (κ2) is 7.02. The zero-order valence-corrected chi connectivity index (χ0v) is 13.4. The van der Waals surface area contributed by atoms with Crippen molar-refractivity contribution in [3.8, 4) is 0 Å². The Hall–Kier alpha value is -2.04. The topological polar surface area (TPSA) is 54.9 Å². The zero-order chi connectivity index (χ0) is 16.2. The average Bonchev–Trinajstić information content (AvgIpc) is 2.55. The normalized spacial score (nSPS) is 15.7. The first-order valence-electron chi connectivity index (χ1n) is 8.44. The van der Waals surface area contributed by atoms with Gasteiger partial charge < -0.3 is 5.32 Å². The number of fused-ring (bicyclic) bond motifs is 1. The first-order valence-corrected chi connectivity index (χ1v) is 8.44. The molecule has 3 rings (SSSR count). The van der Waals surface area contributed by atoms with Crippen LogP contribution in [0, 0.1) is 5.82 Å². The van der Waals surface area contributed by atoms with Crippen LogP contribution in [0.4, 0.5) is 4.39 Å². The van der Waals surface area contributed by atoms with Gasteiger partial charge in [0.05, 0.1) is 5.52 Å². The van der Waals surface area contributed by atoms with Crippen LogP contribution < -0.4 is 5.32 Å². The minimum atomic E-state index is -0.379. The van der Waals surface area contributed by atoms with E-state index in [1.807, 2.05) is 6.92 Å². The summed E-state index contributed by atoms with van der Waals surface area (Å²) >= 11 is 0. The van der Waals surface area contributed by atoms with Crippen molar-refractivity contribution in [2.45, 2.75) is 57.9 Å². The number of benzene rings is 1. The number of hydrogen-bond donors (Lipinski definition) is 1. The molecule has 1 aliphatic rings. The molecular weight excluding hydrogens is 293 g/mol. The maximum Gasteiger partial charge on any atom is 0.270 e. The van der Waals surface area contributed by atoms with Crippen molar-refractivity contribution in [2.24, 2.45) is 0 Å². The number of aromatic nitrogens is 2. The minimum Gasteiger partial charge on any atom is -0.348 e. The SMILES string of the molecule is CCCc1nc(C(=O)NC2CCCCC2)c2cc(F)ccc2n1. The Morgan fingerprint density at radius 1 is 1.26 bits per heavy atom. The predicted molar refractivity (Wildman–Crippen MR) is 87.8 cm³/mol. The molecule has 0 radical (unpaired) electrons. The van der Waals surface area contributed by atoms with Gasteiger partial charge in [-0.3, -0.25) is 4.79 Å². The van der Waals surface area contributed by atoms with E-state index in [2.05, 4.69) is 15.3 Å². The van der Waals surface area contributed by atoms with Crippen molar-refractivity contribution in [1.29, 1.82) is 0 Å². The molecule has 2 aromatic rings. The number of rotatable bonds is 4. The van der Waals surface area contributed by atoms with Gasteiger partial charge in [-0.25, -0.2) is 14.4 Å². The quantitative estimate of drug-likeness (QED) is 0.934. The number of halogens is 1. The van der Waals surface area contributed by atoms with Crippen molar-refractivity contribution in [3.63, 3.8) is 0 Å². The van der Waals surface area contributed by atoms with Gasteiger partial charge >= 0.3 is 0 Å². The number of aryl methyl sites for hydroxylation is 1. The first-order chi connectivity index (χ1) is 11.2. The van der Waals surface area contributed by atoms with Gasteiger partial charge in [0.25, 0.3) is 5.91 Å². The van der Waals surface area contributed by atoms with E-state index < -0.39 is 0 Å². The summed E-state index contributed by atoms with van der Waals surface area (Å²) in [5.41, 5.74) is 0.919. The molecule has 1 N–H and O–H groups in total. The van der Waals surface area contributed by atoms with E-state index >= 15 is 0 Å². The Morgan fingerprint density at radius 3 is 2.78 bits per heavy atom. The molecule has 23 heavy (non-hydrogen) atoms. The van der Waals surface area contributed by atoms with Crippen LogP contribution in [0.1, 0.15) is 61.8 Å². The molecule has 1 aromatic heterocycles. The Kier molecular flexibility index (Phi) is 4.84. The molecule has 1 fully saturated rings. The lowest BCUT2D eigenvalue weighted by Crippen LogP contribution is -2.36. The number of amides is 1. The highest BCUT2D eigenvalue weighted by Gasteiger charge is 2.20. The summed E-state index contributed by atoms with van der Waals surface area (Å²) in [4.78, 5) is 21.5. The highest BCUT2D eigenvalue weighted by molar-refractivity contribution is 6.04. The molecule has 1 heterocycles. The van der Waals surface area contributed by atoms with Crippen LogP contribution >= 0.6 is 0 Å². The molecule has 122 valence electrons. The Balaban J connectivity index is 1.95. The van der Waals surface area contributed by atoms with Crippen molar-refractivity contribution in [1.82, 2.24) is 15.3 Å². The molecule has 1 saturated carbocycles. The average molecular weight is 315 g/mol. The van der Waals surface area contributed by atoms with Crippen LogP contribution in [-0.4, -0.2) is 21.9 Å². The number of nitrogens with zero attached hydrogens (tertiary/aromatic N) is 2. The summed E-state index contributed by atoms with van der Waals surface area (Å²) in [6.45, 7) is 2.04. The molecular formula is C18H22FN3O. The molecule has 1 aliphatic carbocycles. The van der Waals surface area contributed by atoms with Crippen LogP contribution in [0.2, 0.25) is 0 Å². The van der Waals surface area contributed by atoms with Gasteiger partial charge in [0, 0.05) is 17.8 Å². The summed E-state index contributed by atoms with van der Waals surface area (Å²) in [6, 6.07) is 4.53. The zero-order valence-electron chi connectivity index (χ0n) is 13.4. The summed E-state index contributed by atoms with van der Waals surface area (Å²) < 4.78 is 13.6. The van der Waals surface area contributed by atoms with Crippen LogP contribution in [0.15, 0.2) is 18.2 Å². The number of carbonyl (C=O) groups is 1. The Bertz CT molecular complexity index is 711. The summed E-state index contributed by atoms with van der Waals surface area (Å²) in [6.07, 6.45) is 7.13. The van der Waals surface area contributed by atoms with Crippen molar-refractivity contribution >= 4 is 16.8 Å². The van der Waals surface area contributed by atoms with Gasteiger partial charge in [0.15, 0.2) is 0 Å².